The van der Waals surface area contributed by atoms with Crippen molar-refractivity contribution in [3.8, 4) is 22.8 Å². The third kappa shape index (κ3) is 7.69. The van der Waals surface area contributed by atoms with Crippen molar-refractivity contribution in [3.63, 3.8) is 0 Å². The molecular weight excluding hydrogens is 640 g/mol. The molecule has 1 aliphatic heterocycles. The highest BCUT2D eigenvalue weighted by molar-refractivity contribution is 5.96. The Morgan fingerprint density at radius 2 is 1.76 bits per heavy atom. The van der Waals surface area contributed by atoms with Gasteiger partial charge in [0.15, 0.2) is 0 Å². The summed E-state index contributed by atoms with van der Waals surface area (Å²) in [6, 6.07) is 14.7. The topological polar surface area (TPSA) is 156 Å². The molecule has 3 aromatic rings. The van der Waals surface area contributed by atoms with Gasteiger partial charge in [0.1, 0.15) is 40.8 Å². The van der Waals surface area contributed by atoms with Gasteiger partial charge in [-0.25, -0.2) is 14.6 Å². The highest BCUT2D eigenvalue weighted by atomic mass is 16.6. The van der Waals surface area contributed by atoms with E-state index in [-0.39, 0.29) is 19.4 Å². The van der Waals surface area contributed by atoms with Gasteiger partial charge in [-0.1, -0.05) is 57.2 Å². The minimum Gasteiger partial charge on any atom is -0.497 e. The molecule has 50 heavy (non-hydrogen) atoms. The van der Waals surface area contributed by atoms with E-state index in [0.717, 1.165) is 5.56 Å². The quantitative estimate of drug-likeness (QED) is 0.240. The number of carboxylic acids is 1. The van der Waals surface area contributed by atoms with Crippen molar-refractivity contribution in [2.24, 2.45) is 11.3 Å². The predicted octanol–water partition coefficient (Wildman–Crippen LogP) is 5.34. The molecule has 0 spiro atoms. The highest BCUT2D eigenvalue weighted by Crippen LogP contribution is 2.45. The van der Waals surface area contributed by atoms with E-state index in [4.69, 9.17) is 19.2 Å². The smallest absolute Gasteiger partial charge is 0.408 e. The number of hydrogen-bond donors (Lipinski definition) is 3. The lowest BCUT2D eigenvalue weighted by Crippen LogP contribution is -2.59. The van der Waals surface area contributed by atoms with Crippen molar-refractivity contribution in [3.05, 3.63) is 67.3 Å². The number of nitrogens with one attached hydrogen (secondary N) is 2. The first kappa shape index (κ1) is 36.2. The number of fused-ring (bicyclic) bond motifs is 1. The van der Waals surface area contributed by atoms with E-state index in [1.165, 1.54) is 11.0 Å². The molecule has 12 heteroatoms. The maximum atomic E-state index is 14.4. The number of hydrogen-bond acceptors (Lipinski definition) is 8. The zero-order chi connectivity index (χ0) is 36.6. The fraction of sp³-hybridized carbons (Fsp3) is 0.447. The average molecular weight is 687 g/mol. The number of aromatic nitrogens is 1. The van der Waals surface area contributed by atoms with Crippen LogP contribution < -0.4 is 20.1 Å². The Bertz CT molecular complexity index is 1800. The summed E-state index contributed by atoms with van der Waals surface area (Å²) in [5.74, 6) is -1.67. The molecule has 12 nitrogen and oxygen atoms in total. The van der Waals surface area contributed by atoms with E-state index in [2.05, 4.69) is 17.2 Å². The van der Waals surface area contributed by atoms with Gasteiger partial charge in [0.25, 0.3) is 0 Å². The summed E-state index contributed by atoms with van der Waals surface area (Å²) in [6.45, 7) is 14.3. The van der Waals surface area contributed by atoms with Gasteiger partial charge in [-0.2, -0.15) is 0 Å². The number of methoxy groups -OCH3 is 1. The Hall–Kier alpha value is -5.13. The fourth-order valence-electron chi connectivity index (χ4n) is 6.27. The van der Waals surface area contributed by atoms with Crippen LogP contribution in [0.2, 0.25) is 0 Å². The van der Waals surface area contributed by atoms with Crippen LogP contribution in [0.5, 0.6) is 11.5 Å². The summed E-state index contributed by atoms with van der Waals surface area (Å²) >= 11 is 0. The Balaban J connectivity index is 1.51. The van der Waals surface area contributed by atoms with E-state index in [9.17, 15) is 24.3 Å². The lowest BCUT2D eigenvalue weighted by atomic mass is 9.85. The third-order valence-corrected chi connectivity index (χ3v) is 8.99. The number of pyridine rings is 1. The maximum absolute atomic E-state index is 14.4. The molecule has 3 N–H and O–H groups in total. The summed E-state index contributed by atoms with van der Waals surface area (Å²) in [7, 11) is 1.57. The van der Waals surface area contributed by atoms with Crippen molar-refractivity contribution < 1.29 is 38.5 Å². The van der Waals surface area contributed by atoms with Gasteiger partial charge in [-0.15, -0.1) is 6.58 Å². The van der Waals surface area contributed by atoms with Crippen LogP contribution in [0.15, 0.2) is 67.3 Å². The molecule has 2 fully saturated rings. The SMILES string of the molecule is C=CC1C[C@]1(NC(=O)[C@@H]1CC(Oc2cc(-c3ccccc3)nc3cc(OC)ccc23)CN1C(=O)[C@@H](NC(=O)OC(C)(C)C)C(C)(C)C)C(=O)O. The predicted molar refractivity (Wildman–Crippen MR) is 188 cm³/mol. The number of carboxylic acid groups (broad SMARTS) is 1. The van der Waals surface area contributed by atoms with Gasteiger partial charge in [0, 0.05) is 35.4 Å². The molecular formula is C38H46N4O8. The molecule has 0 bridgehead atoms. The third-order valence-electron chi connectivity index (χ3n) is 8.99. The normalized spacial score (nSPS) is 22.3. The summed E-state index contributed by atoms with van der Waals surface area (Å²) in [4.78, 5) is 59.8. The number of aliphatic carboxylic acids is 1. The lowest BCUT2D eigenvalue weighted by molar-refractivity contribution is -0.146. The van der Waals surface area contributed by atoms with E-state index in [1.807, 2.05) is 48.5 Å². The number of likely N-dealkylation sites (tertiary alicyclic amines) is 1. The van der Waals surface area contributed by atoms with Gasteiger partial charge in [-0.05, 0) is 44.7 Å². The monoisotopic (exact) mass is 686 g/mol. The van der Waals surface area contributed by atoms with Crippen LogP contribution >= 0.6 is 0 Å². The number of carbonyl (C=O) groups is 4. The summed E-state index contributed by atoms with van der Waals surface area (Å²) in [5, 5.41) is 16.1. The van der Waals surface area contributed by atoms with Crippen molar-refractivity contribution in [2.75, 3.05) is 13.7 Å². The molecule has 1 aliphatic carbocycles. The van der Waals surface area contributed by atoms with Gasteiger partial charge in [0.2, 0.25) is 11.8 Å². The van der Waals surface area contributed by atoms with E-state index in [1.54, 1.807) is 54.7 Å². The largest absolute Gasteiger partial charge is 0.497 e. The first-order valence-corrected chi connectivity index (χ1v) is 16.6. The van der Waals surface area contributed by atoms with E-state index in [0.29, 0.717) is 28.1 Å². The van der Waals surface area contributed by atoms with Crippen LogP contribution in [0.3, 0.4) is 0 Å². The van der Waals surface area contributed by atoms with Crippen molar-refractivity contribution in [1.82, 2.24) is 20.5 Å². The number of amides is 3. The molecule has 1 saturated heterocycles. The first-order valence-electron chi connectivity index (χ1n) is 16.6. The Morgan fingerprint density at radius 3 is 2.34 bits per heavy atom. The molecule has 5 atom stereocenters. The maximum Gasteiger partial charge on any atom is 0.408 e. The number of ether oxygens (including phenoxy) is 3. The molecule has 266 valence electrons. The minimum absolute atomic E-state index is 0.00883. The molecule has 5 rings (SSSR count). The molecule has 0 radical (unpaired) electrons. The second kappa shape index (κ2) is 13.6. The molecule has 2 aliphatic rings. The van der Waals surface area contributed by atoms with Crippen LogP contribution in [0.1, 0.15) is 54.4 Å². The first-order chi connectivity index (χ1) is 23.5. The second-order valence-corrected chi connectivity index (χ2v) is 15.0. The number of benzene rings is 2. The molecule has 2 unspecified atom stereocenters. The Kier molecular flexibility index (Phi) is 9.87. The second-order valence-electron chi connectivity index (χ2n) is 15.0. The van der Waals surface area contributed by atoms with E-state index < -0.39 is 64.5 Å². The minimum atomic E-state index is -1.50. The van der Waals surface area contributed by atoms with Crippen LogP contribution in [-0.2, 0) is 19.1 Å². The van der Waals surface area contributed by atoms with Crippen LogP contribution in [0.25, 0.3) is 22.2 Å². The van der Waals surface area contributed by atoms with Crippen molar-refractivity contribution in [1.29, 1.82) is 0 Å². The molecule has 1 saturated carbocycles. The van der Waals surface area contributed by atoms with E-state index >= 15 is 0 Å². The molecule has 3 amide bonds. The molecule has 2 aromatic carbocycles. The Morgan fingerprint density at radius 1 is 1.06 bits per heavy atom. The van der Waals surface area contributed by atoms with Crippen molar-refractivity contribution >= 4 is 34.8 Å². The van der Waals surface area contributed by atoms with Crippen LogP contribution in [0, 0.1) is 11.3 Å². The molecule has 1 aromatic heterocycles. The summed E-state index contributed by atoms with van der Waals surface area (Å²) in [6.07, 6.45) is 0.311. The van der Waals surface area contributed by atoms with Crippen molar-refractivity contribution in [2.45, 2.75) is 83.7 Å². The Labute approximate surface area is 292 Å². The number of alkyl carbamates (subject to hydrolysis) is 1. The average Bonchev–Trinajstić information content (AvgIpc) is 3.61. The van der Waals surface area contributed by atoms with Crippen LogP contribution in [-0.4, -0.2) is 81.8 Å². The fourth-order valence-corrected chi connectivity index (χ4v) is 6.27. The summed E-state index contributed by atoms with van der Waals surface area (Å²) in [5.41, 5.74) is -0.950. The zero-order valence-electron chi connectivity index (χ0n) is 29.6. The van der Waals surface area contributed by atoms with Gasteiger partial charge < -0.3 is 34.9 Å². The zero-order valence-corrected chi connectivity index (χ0v) is 29.6. The molecule has 2 heterocycles. The standard InChI is InChI=1S/C38H46N4O8/c1-9-23-20-38(23,34(45)46)41-32(43)29-18-25(21-42(29)33(44)31(36(2,3)4)40-35(47)50-37(5,6)7)49-30-19-27(22-13-11-10-12-14-22)39-28-17-24(48-8)15-16-26(28)30/h9-17,19,23,25,29,31H,1,18,20-21H2,2-8H3,(H,40,47)(H,41,43)(H,45,46)/t23?,25?,29-,31+,38+/m0/s1. The summed E-state index contributed by atoms with van der Waals surface area (Å²) < 4.78 is 17.5. The van der Waals surface area contributed by atoms with Gasteiger partial charge in [-0.3, -0.25) is 9.59 Å². The number of nitrogens with zero attached hydrogens (tertiary/aromatic N) is 2. The highest BCUT2D eigenvalue weighted by Gasteiger charge is 2.61. The number of carbonyl (C=O) groups excluding carboxylic acids is 3. The van der Waals surface area contributed by atoms with Gasteiger partial charge in [0.05, 0.1) is 24.9 Å². The lowest BCUT2D eigenvalue weighted by Gasteiger charge is -2.35. The van der Waals surface area contributed by atoms with Crippen LogP contribution in [0.4, 0.5) is 4.79 Å². The number of rotatable bonds is 10. The van der Waals surface area contributed by atoms with Gasteiger partial charge >= 0.3 is 12.1 Å².